The zero-order valence-corrected chi connectivity index (χ0v) is 24.8. The minimum absolute atomic E-state index is 0.153. The Kier molecular flexibility index (Phi) is 9.02. The monoisotopic (exact) mass is 537 g/mol. The minimum Gasteiger partial charge on any atom is -0.462 e. The van der Waals surface area contributed by atoms with Gasteiger partial charge < -0.3 is 19.5 Å². The third-order valence-electron chi connectivity index (χ3n) is 7.83. The summed E-state index contributed by atoms with van der Waals surface area (Å²) in [7, 11) is 1.69. The Labute approximate surface area is 227 Å². The highest BCUT2D eigenvalue weighted by atomic mass is 16.7. The zero-order chi connectivity index (χ0) is 28.5. The van der Waals surface area contributed by atoms with E-state index in [-0.39, 0.29) is 48.1 Å². The lowest BCUT2D eigenvalue weighted by Crippen LogP contribution is -2.61. The summed E-state index contributed by atoms with van der Waals surface area (Å²) in [6.07, 6.45) is 8.41. The maximum absolute atomic E-state index is 12.6. The fraction of sp³-hybridized carbons (Fsp3) is 0.821. The first kappa shape index (κ1) is 30.5. The molecule has 1 N–H and O–H groups in total. The van der Waals surface area contributed by atoms with Crippen LogP contribution < -0.4 is 4.57 Å². The first-order valence-corrected chi connectivity index (χ1v) is 13.7. The van der Waals surface area contributed by atoms with Gasteiger partial charge in [0.1, 0.15) is 37.7 Å². The van der Waals surface area contributed by atoms with Crippen LogP contribution in [0.4, 0.5) is 0 Å². The summed E-state index contributed by atoms with van der Waals surface area (Å²) < 4.78 is 15.5. The summed E-state index contributed by atoms with van der Waals surface area (Å²) in [6, 6.07) is 0. The van der Waals surface area contributed by atoms with E-state index in [4.69, 9.17) is 14.3 Å². The van der Waals surface area contributed by atoms with Crippen LogP contribution in [0.25, 0.3) is 0 Å². The number of ether oxygens (including phenoxy) is 2. The molecular weight excluding hydrogens is 488 g/mol. The summed E-state index contributed by atoms with van der Waals surface area (Å²) in [5.74, 6) is -0.460. The van der Waals surface area contributed by atoms with Gasteiger partial charge in [0.2, 0.25) is 6.33 Å². The van der Waals surface area contributed by atoms with Crippen molar-refractivity contribution in [3.8, 4) is 0 Å². The van der Waals surface area contributed by atoms with Gasteiger partial charge in [0.15, 0.2) is 0 Å². The second-order valence-electron chi connectivity index (χ2n) is 13.5. The van der Waals surface area contributed by atoms with E-state index in [9.17, 15) is 14.8 Å². The van der Waals surface area contributed by atoms with Crippen molar-refractivity contribution in [2.75, 3.05) is 7.11 Å². The number of aryl methyl sites for hydroxylation is 2. The van der Waals surface area contributed by atoms with Gasteiger partial charge in [-0.05, 0) is 55.4 Å². The van der Waals surface area contributed by atoms with E-state index in [0.717, 1.165) is 0 Å². The van der Waals surface area contributed by atoms with E-state index in [0.29, 0.717) is 38.8 Å². The molecule has 0 spiro atoms. The van der Waals surface area contributed by atoms with Gasteiger partial charge in [-0.1, -0.05) is 0 Å². The highest BCUT2D eigenvalue weighted by molar-refractivity contribution is 5.69. The second-order valence-corrected chi connectivity index (χ2v) is 13.5. The summed E-state index contributed by atoms with van der Waals surface area (Å²) >= 11 is 0. The predicted octanol–water partition coefficient (Wildman–Crippen LogP) is 3.64. The number of piperidine rings is 2. The van der Waals surface area contributed by atoms with Crippen LogP contribution in [-0.4, -0.2) is 73.3 Å². The van der Waals surface area contributed by atoms with Crippen LogP contribution in [-0.2, 0) is 37.0 Å². The average Bonchev–Trinajstić information content (AvgIpc) is 3.20. The summed E-state index contributed by atoms with van der Waals surface area (Å²) in [5, 5.41) is 13.8. The number of esters is 2. The lowest BCUT2D eigenvalue weighted by molar-refractivity contribution is -0.695. The Bertz CT molecular complexity index is 950. The van der Waals surface area contributed by atoms with Crippen LogP contribution in [0.2, 0.25) is 0 Å². The third-order valence-corrected chi connectivity index (χ3v) is 7.83. The average molecular weight is 538 g/mol. The quantitative estimate of drug-likeness (QED) is 0.377. The molecule has 3 heterocycles. The predicted molar refractivity (Wildman–Crippen MR) is 141 cm³/mol. The Balaban J connectivity index is 1.43. The lowest BCUT2D eigenvalue weighted by atomic mass is 9.80. The zero-order valence-electron chi connectivity index (χ0n) is 24.8. The van der Waals surface area contributed by atoms with E-state index < -0.39 is 11.1 Å². The lowest BCUT2D eigenvalue weighted by Gasteiger charge is -2.52. The molecule has 1 aromatic heterocycles. The normalized spacial score (nSPS) is 23.7. The summed E-state index contributed by atoms with van der Waals surface area (Å²) in [4.78, 5) is 30.8. The molecule has 10 nitrogen and oxygen atoms in total. The SMILES string of the molecule is CON1C(C)(C)CC(OC(=O)CCn2cc[n+](CCC(=O)OC3CC(C)(C)N(O)C(C)(C)C3)c2)CC1(C)C. The molecule has 0 amide bonds. The number of aromatic nitrogens is 2. The van der Waals surface area contributed by atoms with E-state index >= 15 is 0 Å². The van der Waals surface area contributed by atoms with Crippen molar-refractivity contribution in [3.63, 3.8) is 0 Å². The molecular formula is C28H49N4O6+. The highest BCUT2D eigenvalue weighted by Gasteiger charge is 2.48. The van der Waals surface area contributed by atoms with Crippen molar-refractivity contribution >= 4 is 11.9 Å². The molecule has 2 aliphatic rings. The van der Waals surface area contributed by atoms with E-state index in [1.165, 1.54) is 5.06 Å². The molecule has 0 bridgehead atoms. The van der Waals surface area contributed by atoms with Gasteiger partial charge in [-0.2, -0.15) is 10.1 Å². The van der Waals surface area contributed by atoms with Crippen LogP contribution in [0.5, 0.6) is 0 Å². The number of nitrogens with zero attached hydrogens (tertiary/aromatic N) is 4. The highest BCUT2D eigenvalue weighted by Crippen LogP contribution is 2.40. The molecule has 0 aliphatic carbocycles. The molecule has 0 atom stereocenters. The number of hydroxylamine groups is 4. The van der Waals surface area contributed by atoms with Crippen LogP contribution in [0.3, 0.4) is 0 Å². The summed E-state index contributed by atoms with van der Waals surface area (Å²) in [5.41, 5.74) is -1.41. The fourth-order valence-electron chi connectivity index (χ4n) is 6.65. The maximum Gasteiger partial charge on any atom is 0.310 e. The van der Waals surface area contributed by atoms with Crippen LogP contribution in [0, 0.1) is 0 Å². The van der Waals surface area contributed by atoms with Gasteiger partial charge in [0, 0.05) is 47.8 Å². The van der Waals surface area contributed by atoms with Crippen molar-refractivity contribution in [2.45, 2.75) is 141 Å². The van der Waals surface area contributed by atoms with Gasteiger partial charge in [0.05, 0.1) is 20.0 Å². The van der Waals surface area contributed by atoms with Crippen LogP contribution in [0.1, 0.15) is 93.9 Å². The molecule has 216 valence electrons. The Morgan fingerprint density at radius 1 is 0.842 bits per heavy atom. The topological polar surface area (TPSA) is 97.4 Å². The van der Waals surface area contributed by atoms with Crippen molar-refractivity contribution in [1.29, 1.82) is 0 Å². The smallest absolute Gasteiger partial charge is 0.310 e. The number of imidazole rings is 1. The van der Waals surface area contributed by atoms with Gasteiger partial charge in [-0.15, -0.1) is 0 Å². The molecule has 3 rings (SSSR count). The standard InChI is InChI=1S/C28H49N4O6/c1-25(2)16-21(17-26(3,4)31(25)35)37-23(33)10-12-29-14-15-30(20-29)13-11-24(34)38-22-18-27(5,6)32(36-9)28(7,8)19-22/h14-15,20-22,35H,10-13,16-19H2,1-9H3/q+1. The minimum atomic E-state index is -0.465. The number of carbonyl (C=O) groups excluding carboxylic acids is 2. The molecule has 2 saturated heterocycles. The van der Waals surface area contributed by atoms with Crippen LogP contribution in [0.15, 0.2) is 18.7 Å². The molecule has 2 aliphatic heterocycles. The second kappa shape index (κ2) is 11.2. The molecule has 0 unspecified atom stereocenters. The first-order valence-electron chi connectivity index (χ1n) is 13.7. The number of rotatable bonds is 9. The Morgan fingerprint density at radius 3 is 1.82 bits per heavy atom. The number of hydrogen-bond acceptors (Lipinski definition) is 8. The van der Waals surface area contributed by atoms with Gasteiger partial charge >= 0.3 is 11.9 Å². The van der Waals surface area contributed by atoms with Gasteiger partial charge in [0.25, 0.3) is 0 Å². The Hall–Kier alpha value is -2.01. The number of carbonyl (C=O) groups is 2. The largest absolute Gasteiger partial charge is 0.462 e. The molecule has 38 heavy (non-hydrogen) atoms. The Morgan fingerprint density at radius 2 is 1.32 bits per heavy atom. The first-order chi connectivity index (χ1) is 17.4. The molecule has 0 saturated carbocycles. The molecule has 1 aromatic rings. The van der Waals surface area contributed by atoms with Crippen molar-refractivity contribution in [1.82, 2.24) is 14.7 Å². The van der Waals surface area contributed by atoms with E-state index in [1.807, 2.05) is 60.6 Å². The summed E-state index contributed by atoms with van der Waals surface area (Å²) in [6.45, 7) is 17.2. The number of hydrogen-bond donors (Lipinski definition) is 1. The fourth-order valence-corrected chi connectivity index (χ4v) is 6.65. The molecule has 0 radical (unpaired) electrons. The van der Waals surface area contributed by atoms with Crippen molar-refractivity contribution in [2.24, 2.45) is 0 Å². The third kappa shape index (κ3) is 7.34. The van der Waals surface area contributed by atoms with Crippen molar-refractivity contribution < 1.29 is 33.7 Å². The van der Waals surface area contributed by atoms with Gasteiger partial charge in [-0.25, -0.2) is 9.13 Å². The van der Waals surface area contributed by atoms with Crippen LogP contribution >= 0.6 is 0 Å². The maximum atomic E-state index is 12.6. The van der Waals surface area contributed by atoms with E-state index in [2.05, 4.69) is 27.7 Å². The van der Waals surface area contributed by atoms with Crippen molar-refractivity contribution in [3.05, 3.63) is 18.7 Å². The molecule has 0 aromatic carbocycles. The molecule has 10 heteroatoms. The van der Waals surface area contributed by atoms with E-state index in [1.54, 1.807) is 7.11 Å². The molecule has 2 fully saturated rings. The van der Waals surface area contributed by atoms with Gasteiger partial charge in [-0.3, -0.25) is 9.59 Å².